The Labute approximate surface area is 93.1 Å². The summed E-state index contributed by atoms with van der Waals surface area (Å²) in [5.74, 6) is 0.915. The molecule has 1 aliphatic carbocycles. The van der Waals surface area contributed by atoms with Crippen LogP contribution in [-0.4, -0.2) is 28.4 Å². The highest BCUT2D eigenvalue weighted by molar-refractivity contribution is 7.07. The summed E-state index contributed by atoms with van der Waals surface area (Å²) in [6.07, 6.45) is 4.99. The highest BCUT2D eigenvalue weighted by atomic mass is 32.1. The maximum atomic E-state index is 12.1. The van der Waals surface area contributed by atoms with Crippen molar-refractivity contribution >= 4 is 17.2 Å². The zero-order valence-corrected chi connectivity index (χ0v) is 9.37. The standard InChI is InChI=1S/C11H14N2OS/c14-11(9-6-15-7-12-9)13-5-4-8-2-1-3-10(8)13/h6-8,10H,1-5H2. The molecule has 4 heteroatoms. The first kappa shape index (κ1) is 9.33. The minimum atomic E-state index is 0.144. The van der Waals surface area contributed by atoms with Gasteiger partial charge in [0.05, 0.1) is 5.51 Å². The van der Waals surface area contributed by atoms with Crippen molar-refractivity contribution in [1.29, 1.82) is 0 Å². The molecule has 2 unspecified atom stereocenters. The smallest absolute Gasteiger partial charge is 0.273 e. The Bertz CT molecular complexity index is 363. The molecule has 15 heavy (non-hydrogen) atoms. The van der Waals surface area contributed by atoms with E-state index in [1.807, 2.05) is 10.3 Å². The molecule has 80 valence electrons. The zero-order chi connectivity index (χ0) is 10.3. The first-order valence-electron chi connectivity index (χ1n) is 5.55. The van der Waals surface area contributed by atoms with E-state index < -0.39 is 0 Å². The lowest BCUT2D eigenvalue weighted by atomic mass is 10.0. The number of hydrogen-bond donors (Lipinski definition) is 0. The lowest BCUT2D eigenvalue weighted by Crippen LogP contribution is -2.36. The van der Waals surface area contributed by atoms with E-state index in [1.54, 1.807) is 5.51 Å². The Kier molecular flexibility index (Phi) is 2.24. The average Bonchev–Trinajstić information content (AvgIpc) is 2.94. The highest BCUT2D eigenvalue weighted by Gasteiger charge is 2.40. The van der Waals surface area contributed by atoms with Gasteiger partial charge in [-0.3, -0.25) is 4.79 Å². The summed E-state index contributed by atoms with van der Waals surface area (Å²) in [4.78, 5) is 18.3. The molecule has 1 saturated carbocycles. The van der Waals surface area contributed by atoms with Gasteiger partial charge < -0.3 is 4.90 Å². The fourth-order valence-corrected chi connectivity index (χ4v) is 3.48. The van der Waals surface area contributed by atoms with Gasteiger partial charge in [-0.1, -0.05) is 6.42 Å². The van der Waals surface area contributed by atoms with E-state index >= 15 is 0 Å². The summed E-state index contributed by atoms with van der Waals surface area (Å²) in [6, 6.07) is 0.513. The van der Waals surface area contributed by atoms with Crippen LogP contribution in [0.25, 0.3) is 0 Å². The lowest BCUT2D eigenvalue weighted by Gasteiger charge is -2.22. The Morgan fingerprint density at radius 2 is 2.40 bits per heavy atom. The van der Waals surface area contributed by atoms with E-state index in [4.69, 9.17) is 0 Å². The van der Waals surface area contributed by atoms with Crippen molar-refractivity contribution in [3.8, 4) is 0 Å². The molecule has 0 aromatic carbocycles. The van der Waals surface area contributed by atoms with Crippen LogP contribution in [0.15, 0.2) is 10.9 Å². The first-order chi connectivity index (χ1) is 7.36. The van der Waals surface area contributed by atoms with Crippen molar-refractivity contribution < 1.29 is 4.79 Å². The van der Waals surface area contributed by atoms with Crippen molar-refractivity contribution in [2.24, 2.45) is 5.92 Å². The zero-order valence-electron chi connectivity index (χ0n) is 8.56. The second-order valence-electron chi connectivity index (χ2n) is 4.42. The quantitative estimate of drug-likeness (QED) is 0.729. The number of carbonyl (C=O) groups is 1. The van der Waals surface area contributed by atoms with E-state index in [-0.39, 0.29) is 5.91 Å². The van der Waals surface area contributed by atoms with Crippen LogP contribution >= 0.6 is 11.3 Å². The van der Waals surface area contributed by atoms with Crippen LogP contribution < -0.4 is 0 Å². The Morgan fingerprint density at radius 1 is 1.47 bits per heavy atom. The molecule has 1 aromatic heterocycles. The van der Waals surface area contributed by atoms with Crippen LogP contribution in [0.4, 0.5) is 0 Å². The van der Waals surface area contributed by atoms with Crippen molar-refractivity contribution in [2.75, 3.05) is 6.54 Å². The van der Waals surface area contributed by atoms with E-state index in [2.05, 4.69) is 4.98 Å². The lowest BCUT2D eigenvalue weighted by molar-refractivity contribution is 0.0723. The summed E-state index contributed by atoms with van der Waals surface area (Å²) in [5.41, 5.74) is 2.36. The molecular weight excluding hydrogens is 208 g/mol. The predicted octanol–water partition coefficient (Wildman–Crippen LogP) is 2.16. The van der Waals surface area contributed by atoms with Crippen molar-refractivity contribution in [3.05, 3.63) is 16.6 Å². The maximum Gasteiger partial charge on any atom is 0.273 e. The minimum Gasteiger partial charge on any atom is -0.334 e. The number of fused-ring (bicyclic) bond motifs is 1. The number of carbonyl (C=O) groups excluding carboxylic acids is 1. The number of likely N-dealkylation sites (tertiary alicyclic amines) is 1. The third-order valence-electron chi connectivity index (χ3n) is 3.67. The number of nitrogens with zero attached hydrogens (tertiary/aromatic N) is 2. The van der Waals surface area contributed by atoms with E-state index in [0.29, 0.717) is 11.7 Å². The van der Waals surface area contributed by atoms with Gasteiger partial charge in [-0.25, -0.2) is 4.98 Å². The molecule has 2 fully saturated rings. The van der Waals surface area contributed by atoms with Gasteiger partial charge in [0.15, 0.2) is 0 Å². The largest absolute Gasteiger partial charge is 0.334 e. The SMILES string of the molecule is O=C(c1cscn1)N1CCC2CCCC21. The molecule has 0 radical (unpaired) electrons. The molecule has 1 amide bonds. The summed E-state index contributed by atoms with van der Waals surface area (Å²) in [7, 11) is 0. The molecule has 0 spiro atoms. The molecule has 1 aromatic rings. The summed E-state index contributed by atoms with van der Waals surface area (Å²) >= 11 is 1.49. The van der Waals surface area contributed by atoms with Gasteiger partial charge in [-0.05, 0) is 25.2 Å². The second-order valence-corrected chi connectivity index (χ2v) is 5.14. The van der Waals surface area contributed by atoms with Crippen molar-refractivity contribution in [3.63, 3.8) is 0 Å². The first-order valence-corrected chi connectivity index (χ1v) is 6.49. The molecule has 1 aliphatic heterocycles. The molecule has 0 N–H and O–H groups in total. The van der Waals surface area contributed by atoms with Crippen LogP contribution in [0.2, 0.25) is 0 Å². The monoisotopic (exact) mass is 222 g/mol. The Morgan fingerprint density at radius 3 is 3.20 bits per heavy atom. The van der Waals surface area contributed by atoms with Gasteiger partial charge in [0.2, 0.25) is 0 Å². The van der Waals surface area contributed by atoms with Crippen LogP contribution in [0, 0.1) is 5.92 Å². The van der Waals surface area contributed by atoms with Gasteiger partial charge in [0, 0.05) is 18.0 Å². The predicted molar refractivity (Wildman–Crippen MR) is 58.9 cm³/mol. The average molecular weight is 222 g/mol. The van der Waals surface area contributed by atoms with Crippen LogP contribution in [0.1, 0.15) is 36.2 Å². The van der Waals surface area contributed by atoms with Crippen molar-refractivity contribution in [2.45, 2.75) is 31.7 Å². The van der Waals surface area contributed by atoms with Crippen LogP contribution in [0.3, 0.4) is 0 Å². The van der Waals surface area contributed by atoms with Crippen LogP contribution in [0.5, 0.6) is 0 Å². The molecule has 3 rings (SSSR count). The fraction of sp³-hybridized carbons (Fsp3) is 0.636. The third kappa shape index (κ3) is 1.47. The van der Waals surface area contributed by atoms with Gasteiger partial charge >= 0.3 is 0 Å². The van der Waals surface area contributed by atoms with Crippen LogP contribution in [-0.2, 0) is 0 Å². The summed E-state index contributed by atoms with van der Waals surface area (Å²) in [6.45, 7) is 0.936. The number of hydrogen-bond acceptors (Lipinski definition) is 3. The molecule has 3 nitrogen and oxygen atoms in total. The second kappa shape index (κ2) is 3.59. The molecule has 2 atom stereocenters. The summed E-state index contributed by atoms with van der Waals surface area (Å²) in [5, 5.41) is 1.85. The summed E-state index contributed by atoms with van der Waals surface area (Å²) < 4.78 is 0. The molecular formula is C11H14N2OS. The number of thiazole rings is 1. The molecule has 2 heterocycles. The number of rotatable bonds is 1. The molecule has 2 aliphatic rings. The van der Waals surface area contributed by atoms with E-state index in [0.717, 1.165) is 12.5 Å². The van der Waals surface area contributed by atoms with Gasteiger partial charge in [-0.15, -0.1) is 11.3 Å². The fourth-order valence-electron chi connectivity index (χ4n) is 2.95. The number of aromatic nitrogens is 1. The normalized spacial score (nSPS) is 29.5. The van der Waals surface area contributed by atoms with Gasteiger partial charge in [0.1, 0.15) is 5.69 Å². The highest BCUT2D eigenvalue weighted by Crippen LogP contribution is 2.38. The minimum absolute atomic E-state index is 0.144. The Balaban J connectivity index is 1.80. The number of amides is 1. The van der Waals surface area contributed by atoms with E-state index in [1.165, 1.54) is 37.0 Å². The topological polar surface area (TPSA) is 33.2 Å². The van der Waals surface area contributed by atoms with Gasteiger partial charge in [0.25, 0.3) is 5.91 Å². The Hall–Kier alpha value is -0.900. The maximum absolute atomic E-state index is 12.1. The molecule has 1 saturated heterocycles. The molecule has 0 bridgehead atoms. The third-order valence-corrected chi connectivity index (χ3v) is 4.26. The van der Waals surface area contributed by atoms with Gasteiger partial charge in [-0.2, -0.15) is 0 Å². The van der Waals surface area contributed by atoms with Crippen molar-refractivity contribution in [1.82, 2.24) is 9.88 Å². The van der Waals surface area contributed by atoms with E-state index in [9.17, 15) is 4.79 Å².